The van der Waals surface area contributed by atoms with Crippen LogP contribution in [-0.4, -0.2) is 52.8 Å². The Kier molecular flexibility index (Phi) is 5.08. The molecule has 0 aliphatic rings. The number of carbonyl (C=O) groups is 1. The lowest BCUT2D eigenvalue weighted by atomic mass is 10.2. The first-order chi connectivity index (χ1) is 11.9. The summed E-state index contributed by atoms with van der Waals surface area (Å²) < 4.78 is 2.52. The zero-order valence-corrected chi connectivity index (χ0v) is 16.2. The van der Waals surface area contributed by atoms with Crippen LogP contribution in [0.1, 0.15) is 16.1 Å². The normalized spacial score (nSPS) is 11.4. The molecule has 0 bridgehead atoms. The van der Waals surface area contributed by atoms with E-state index in [2.05, 4.69) is 5.10 Å². The predicted molar refractivity (Wildman–Crippen MR) is 103 cm³/mol. The second-order valence-corrected chi connectivity index (χ2v) is 7.56. The Bertz CT molecular complexity index is 878. The number of fused-ring (bicyclic) bond motifs is 1. The van der Waals surface area contributed by atoms with Gasteiger partial charge in [-0.25, -0.2) is 4.98 Å². The molecule has 8 heteroatoms. The Hall–Kier alpha value is -1.96. The van der Waals surface area contributed by atoms with Crippen LogP contribution in [0.3, 0.4) is 0 Å². The van der Waals surface area contributed by atoms with Gasteiger partial charge < -0.3 is 4.90 Å². The highest BCUT2D eigenvalue weighted by Gasteiger charge is 2.24. The van der Waals surface area contributed by atoms with E-state index in [0.717, 1.165) is 22.3 Å². The molecule has 0 spiro atoms. The third-order valence-electron chi connectivity index (χ3n) is 3.87. The van der Waals surface area contributed by atoms with Gasteiger partial charge in [-0.1, -0.05) is 29.0 Å². The fraction of sp³-hybridized carbons (Fsp3) is 0.353. The number of thiazole rings is 1. The molecule has 0 aliphatic carbocycles. The minimum atomic E-state index is -0.157. The quantitative estimate of drug-likeness (QED) is 0.685. The summed E-state index contributed by atoms with van der Waals surface area (Å²) in [4.78, 5) is 21.4. The number of hydrogen-bond donors (Lipinski definition) is 0. The first-order valence-electron chi connectivity index (χ1n) is 7.88. The van der Waals surface area contributed by atoms with Gasteiger partial charge in [0.15, 0.2) is 10.8 Å². The molecule has 0 fully saturated rings. The molecule has 6 nitrogen and oxygen atoms in total. The second kappa shape index (κ2) is 7.11. The number of carbonyl (C=O) groups excluding carboxylic acids is 1. The number of amides is 1. The van der Waals surface area contributed by atoms with Gasteiger partial charge in [0.25, 0.3) is 5.91 Å². The predicted octanol–water partition coefficient (Wildman–Crippen LogP) is 3.20. The van der Waals surface area contributed by atoms with Gasteiger partial charge in [0.05, 0.1) is 15.2 Å². The molecule has 0 saturated carbocycles. The fourth-order valence-electron chi connectivity index (χ4n) is 2.46. The Labute approximate surface area is 155 Å². The van der Waals surface area contributed by atoms with E-state index in [-0.39, 0.29) is 5.91 Å². The Morgan fingerprint density at radius 1 is 1.28 bits per heavy atom. The minimum Gasteiger partial charge on any atom is -0.308 e. The number of hydrogen-bond acceptors (Lipinski definition) is 5. The van der Waals surface area contributed by atoms with E-state index in [0.29, 0.717) is 22.4 Å². The molecule has 0 unspecified atom stereocenters. The minimum absolute atomic E-state index is 0.157. The maximum atomic E-state index is 13.0. The Morgan fingerprint density at radius 3 is 2.64 bits per heavy atom. The van der Waals surface area contributed by atoms with Crippen molar-refractivity contribution in [2.24, 2.45) is 7.05 Å². The highest BCUT2D eigenvalue weighted by Crippen LogP contribution is 2.35. The van der Waals surface area contributed by atoms with E-state index in [4.69, 9.17) is 16.6 Å². The van der Waals surface area contributed by atoms with Crippen LogP contribution in [0.5, 0.6) is 0 Å². The summed E-state index contributed by atoms with van der Waals surface area (Å²) in [5.74, 6) is -0.157. The highest BCUT2D eigenvalue weighted by atomic mass is 35.5. The average molecular weight is 378 g/mol. The van der Waals surface area contributed by atoms with Crippen molar-refractivity contribution in [3.05, 3.63) is 40.7 Å². The smallest absolute Gasteiger partial charge is 0.280 e. The molecule has 132 valence electrons. The van der Waals surface area contributed by atoms with Gasteiger partial charge in [-0.15, -0.1) is 0 Å². The average Bonchev–Trinajstić information content (AvgIpc) is 3.18. The van der Waals surface area contributed by atoms with Crippen molar-refractivity contribution in [3.8, 4) is 0 Å². The van der Waals surface area contributed by atoms with Crippen LogP contribution in [0.4, 0.5) is 5.13 Å². The summed E-state index contributed by atoms with van der Waals surface area (Å²) in [6, 6.07) is 5.53. The zero-order chi connectivity index (χ0) is 18.1. The number of likely N-dealkylation sites (N-methyl/N-ethyl adjacent to an activating group) is 1. The molecule has 0 N–H and O–H groups in total. The number of rotatable bonds is 5. The molecule has 1 amide bonds. The number of nitrogens with zero attached hydrogens (tertiary/aromatic N) is 5. The summed E-state index contributed by atoms with van der Waals surface area (Å²) in [7, 11) is 5.74. The van der Waals surface area contributed by atoms with Crippen molar-refractivity contribution >= 4 is 44.2 Å². The van der Waals surface area contributed by atoms with Crippen LogP contribution < -0.4 is 4.90 Å². The van der Waals surface area contributed by atoms with E-state index < -0.39 is 0 Å². The van der Waals surface area contributed by atoms with Crippen LogP contribution in [0.25, 0.3) is 10.2 Å². The standard InChI is InChI=1S/C17H20ClN5OS/c1-11-5-6-12(18)15-14(11)19-17(25-15)23(10-9-21(2)3)16(24)13-7-8-22(4)20-13/h5-8H,9-10H2,1-4H3. The van der Waals surface area contributed by atoms with Gasteiger partial charge in [-0.3, -0.25) is 14.4 Å². The first kappa shape index (κ1) is 17.8. The molecule has 3 rings (SSSR count). The highest BCUT2D eigenvalue weighted by molar-refractivity contribution is 7.23. The molecule has 1 aromatic carbocycles. The molecule has 0 aliphatic heterocycles. The number of aromatic nitrogens is 3. The largest absolute Gasteiger partial charge is 0.308 e. The van der Waals surface area contributed by atoms with E-state index in [9.17, 15) is 4.79 Å². The van der Waals surface area contributed by atoms with E-state index in [1.54, 1.807) is 28.9 Å². The number of aryl methyl sites for hydroxylation is 2. The molecular formula is C17H20ClN5OS. The summed E-state index contributed by atoms with van der Waals surface area (Å²) in [6.45, 7) is 3.24. The summed E-state index contributed by atoms with van der Waals surface area (Å²) in [5.41, 5.74) is 2.29. The zero-order valence-electron chi connectivity index (χ0n) is 14.7. The summed E-state index contributed by atoms with van der Waals surface area (Å²) in [5, 5.41) is 5.53. The first-order valence-corrected chi connectivity index (χ1v) is 9.08. The maximum Gasteiger partial charge on any atom is 0.280 e. The van der Waals surface area contributed by atoms with Gasteiger partial charge in [-0.05, 0) is 38.7 Å². The van der Waals surface area contributed by atoms with Crippen LogP contribution in [0.15, 0.2) is 24.4 Å². The van der Waals surface area contributed by atoms with E-state index in [1.807, 2.05) is 38.1 Å². The third kappa shape index (κ3) is 3.68. The lowest BCUT2D eigenvalue weighted by Gasteiger charge is -2.21. The van der Waals surface area contributed by atoms with Gasteiger partial charge in [0.2, 0.25) is 0 Å². The fourth-order valence-corrected chi connectivity index (χ4v) is 3.80. The molecule has 0 saturated heterocycles. The monoisotopic (exact) mass is 377 g/mol. The number of benzene rings is 1. The molecule has 0 atom stereocenters. The number of halogens is 1. The summed E-state index contributed by atoms with van der Waals surface area (Å²) in [6.07, 6.45) is 1.76. The Balaban J connectivity index is 2.03. The van der Waals surface area contributed by atoms with E-state index >= 15 is 0 Å². The van der Waals surface area contributed by atoms with E-state index in [1.165, 1.54) is 11.3 Å². The van der Waals surface area contributed by atoms with Crippen molar-refractivity contribution in [2.45, 2.75) is 6.92 Å². The topological polar surface area (TPSA) is 54.3 Å². The molecule has 25 heavy (non-hydrogen) atoms. The Morgan fingerprint density at radius 2 is 2.04 bits per heavy atom. The van der Waals surface area contributed by atoms with Gasteiger partial charge in [0, 0.05) is 26.3 Å². The lowest BCUT2D eigenvalue weighted by Crippen LogP contribution is -2.37. The van der Waals surface area contributed by atoms with Crippen molar-refractivity contribution in [3.63, 3.8) is 0 Å². The second-order valence-electron chi connectivity index (χ2n) is 6.17. The molecule has 0 radical (unpaired) electrons. The van der Waals surface area contributed by atoms with Gasteiger partial charge in [-0.2, -0.15) is 5.10 Å². The third-order valence-corrected chi connectivity index (χ3v) is 5.40. The van der Waals surface area contributed by atoms with Crippen molar-refractivity contribution in [1.82, 2.24) is 19.7 Å². The van der Waals surface area contributed by atoms with Gasteiger partial charge in [0.1, 0.15) is 0 Å². The van der Waals surface area contributed by atoms with Crippen molar-refractivity contribution in [1.29, 1.82) is 0 Å². The van der Waals surface area contributed by atoms with Crippen LogP contribution in [-0.2, 0) is 7.05 Å². The van der Waals surface area contributed by atoms with Crippen molar-refractivity contribution < 1.29 is 4.79 Å². The summed E-state index contributed by atoms with van der Waals surface area (Å²) >= 11 is 7.75. The SMILES string of the molecule is Cc1ccc(Cl)c2sc(N(CCN(C)C)C(=O)c3ccn(C)n3)nc12. The van der Waals surface area contributed by atoms with Crippen LogP contribution in [0, 0.1) is 6.92 Å². The maximum absolute atomic E-state index is 13.0. The molecule has 2 aromatic heterocycles. The molecule has 2 heterocycles. The molecule has 3 aromatic rings. The molecular weight excluding hydrogens is 358 g/mol. The van der Waals surface area contributed by atoms with Gasteiger partial charge >= 0.3 is 0 Å². The van der Waals surface area contributed by atoms with Crippen LogP contribution >= 0.6 is 22.9 Å². The van der Waals surface area contributed by atoms with Crippen molar-refractivity contribution in [2.75, 3.05) is 32.1 Å². The van der Waals surface area contributed by atoms with Crippen LogP contribution in [0.2, 0.25) is 5.02 Å². The number of anilines is 1. The lowest BCUT2D eigenvalue weighted by molar-refractivity contribution is 0.0979.